The number of benzene rings is 1. The van der Waals surface area contributed by atoms with Crippen molar-refractivity contribution < 1.29 is 8.94 Å². The number of rotatable bonds is 2. The van der Waals surface area contributed by atoms with Gasteiger partial charge in [0.1, 0.15) is 5.69 Å². The lowest BCUT2D eigenvalue weighted by Gasteiger charge is -1.91. The summed E-state index contributed by atoms with van der Waals surface area (Å²) < 4.78 is 10.5. The minimum absolute atomic E-state index is 0.642. The standard InChI is InChI=1S/C13H9NO2/c1-2-5-10(6-3-1)11-9-13(16-14-11)12-7-4-8-15-12/h1-9H. The third-order valence-corrected chi connectivity index (χ3v) is 2.34. The van der Waals surface area contributed by atoms with Crippen molar-refractivity contribution >= 4 is 0 Å². The van der Waals surface area contributed by atoms with Gasteiger partial charge >= 0.3 is 0 Å². The first-order valence-electron chi connectivity index (χ1n) is 4.99. The highest BCUT2D eigenvalue weighted by Gasteiger charge is 2.09. The van der Waals surface area contributed by atoms with Crippen molar-refractivity contribution in [3.63, 3.8) is 0 Å². The van der Waals surface area contributed by atoms with Crippen LogP contribution in [0.2, 0.25) is 0 Å². The second kappa shape index (κ2) is 3.70. The molecule has 0 unspecified atom stereocenters. The van der Waals surface area contributed by atoms with E-state index in [1.54, 1.807) is 6.26 Å². The smallest absolute Gasteiger partial charge is 0.202 e. The van der Waals surface area contributed by atoms with Gasteiger partial charge in [0.25, 0.3) is 0 Å². The zero-order chi connectivity index (χ0) is 10.8. The van der Waals surface area contributed by atoms with Gasteiger partial charge < -0.3 is 8.94 Å². The van der Waals surface area contributed by atoms with Gasteiger partial charge in [-0.05, 0) is 12.1 Å². The van der Waals surface area contributed by atoms with Gasteiger partial charge in [-0.1, -0.05) is 35.5 Å². The Hall–Kier alpha value is -2.29. The first-order valence-corrected chi connectivity index (χ1v) is 4.99. The average molecular weight is 211 g/mol. The molecule has 3 aromatic rings. The zero-order valence-corrected chi connectivity index (χ0v) is 8.46. The number of nitrogens with zero attached hydrogens (tertiary/aromatic N) is 1. The molecule has 0 saturated heterocycles. The van der Waals surface area contributed by atoms with E-state index in [0.717, 1.165) is 11.3 Å². The fourth-order valence-electron chi connectivity index (χ4n) is 1.56. The molecule has 0 spiro atoms. The Kier molecular flexibility index (Phi) is 2.07. The molecule has 0 bridgehead atoms. The summed E-state index contributed by atoms with van der Waals surface area (Å²) in [5.74, 6) is 1.33. The first-order chi connectivity index (χ1) is 7.93. The highest BCUT2D eigenvalue weighted by Crippen LogP contribution is 2.25. The third-order valence-electron chi connectivity index (χ3n) is 2.34. The summed E-state index contributed by atoms with van der Waals surface area (Å²) in [4.78, 5) is 0. The maximum Gasteiger partial charge on any atom is 0.202 e. The van der Waals surface area contributed by atoms with E-state index >= 15 is 0 Å². The Morgan fingerprint density at radius 2 is 1.75 bits per heavy atom. The van der Waals surface area contributed by atoms with Crippen molar-refractivity contribution in [2.75, 3.05) is 0 Å². The number of aromatic nitrogens is 1. The van der Waals surface area contributed by atoms with Crippen molar-refractivity contribution in [2.24, 2.45) is 0 Å². The number of hydrogen-bond donors (Lipinski definition) is 0. The molecule has 0 atom stereocenters. The SMILES string of the molecule is c1ccc(-c2cc(-c3ccco3)on2)cc1. The molecule has 0 aliphatic carbocycles. The molecule has 2 heterocycles. The van der Waals surface area contributed by atoms with Gasteiger partial charge in [0, 0.05) is 11.6 Å². The van der Waals surface area contributed by atoms with E-state index in [0.29, 0.717) is 11.5 Å². The second-order valence-electron chi connectivity index (χ2n) is 3.42. The monoisotopic (exact) mass is 211 g/mol. The van der Waals surface area contributed by atoms with Crippen molar-refractivity contribution in [3.8, 4) is 22.8 Å². The normalized spacial score (nSPS) is 10.5. The molecule has 16 heavy (non-hydrogen) atoms. The van der Waals surface area contributed by atoms with Crippen LogP contribution >= 0.6 is 0 Å². The van der Waals surface area contributed by atoms with E-state index in [1.165, 1.54) is 0 Å². The molecular weight excluding hydrogens is 202 g/mol. The molecule has 3 rings (SSSR count). The van der Waals surface area contributed by atoms with Gasteiger partial charge in [0.15, 0.2) is 5.76 Å². The van der Waals surface area contributed by atoms with Gasteiger partial charge in [-0.15, -0.1) is 0 Å². The Balaban J connectivity index is 2.00. The van der Waals surface area contributed by atoms with Crippen molar-refractivity contribution in [1.82, 2.24) is 5.16 Å². The quantitative estimate of drug-likeness (QED) is 0.650. The molecule has 0 aliphatic heterocycles. The van der Waals surface area contributed by atoms with Gasteiger partial charge in [-0.3, -0.25) is 0 Å². The van der Waals surface area contributed by atoms with Crippen molar-refractivity contribution in [2.45, 2.75) is 0 Å². The second-order valence-corrected chi connectivity index (χ2v) is 3.42. The summed E-state index contributed by atoms with van der Waals surface area (Å²) in [7, 11) is 0. The third kappa shape index (κ3) is 1.52. The Labute approximate surface area is 92.3 Å². The minimum Gasteiger partial charge on any atom is -0.461 e. The van der Waals surface area contributed by atoms with E-state index in [4.69, 9.17) is 8.94 Å². The van der Waals surface area contributed by atoms with Crippen LogP contribution in [0.25, 0.3) is 22.8 Å². The molecule has 3 heteroatoms. The van der Waals surface area contributed by atoms with Gasteiger partial charge in [-0.2, -0.15) is 0 Å². The van der Waals surface area contributed by atoms with E-state index in [9.17, 15) is 0 Å². The molecule has 0 fully saturated rings. The lowest BCUT2D eigenvalue weighted by molar-refractivity contribution is 0.420. The van der Waals surface area contributed by atoms with Crippen LogP contribution in [0.1, 0.15) is 0 Å². The molecular formula is C13H9NO2. The predicted octanol–water partition coefficient (Wildman–Crippen LogP) is 3.60. The predicted molar refractivity (Wildman–Crippen MR) is 59.6 cm³/mol. The van der Waals surface area contributed by atoms with E-state index in [1.807, 2.05) is 48.5 Å². The van der Waals surface area contributed by atoms with Crippen LogP contribution in [0.5, 0.6) is 0 Å². The van der Waals surface area contributed by atoms with Crippen molar-refractivity contribution in [1.29, 1.82) is 0 Å². The maximum atomic E-state index is 5.23. The van der Waals surface area contributed by atoms with Crippen molar-refractivity contribution in [3.05, 3.63) is 54.8 Å². The lowest BCUT2D eigenvalue weighted by atomic mass is 10.1. The molecule has 2 aromatic heterocycles. The lowest BCUT2D eigenvalue weighted by Crippen LogP contribution is -1.73. The van der Waals surface area contributed by atoms with Gasteiger partial charge in [-0.25, -0.2) is 0 Å². The van der Waals surface area contributed by atoms with Gasteiger partial charge in [0.05, 0.1) is 6.26 Å². The molecule has 78 valence electrons. The summed E-state index contributed by atoms with van der Waals surface area (Å²) in [5, 5.41) is 4.01. The van der Waals surface area contributed by atoms with Crippen LogP contribution in [0.4, 0.5) is 0 Å². The maximum absolute atomic E-state index is 5.23. The number of hydrogen-bond acceptors (Lipinski definition) is 3. The average Bonchev–Trinajstić information content (AvgIpc) is 3.01. The highest BCUT2D eigenvalue weighted by atomic mass is 16.5. The minimum atomic E-state index is 0.642. The molecule has 0 amide bonds. The summed E-state index contributed by atoms with van der Waals surface area (Å²) in [6, 6.07) is 15.4. The summed E-state index contributed by atoms with van der Waals surface area (Å²) >= 11 is 0. The summed E-state index contributed by atoms with van der Waals surface area (Å²) in [6.45, 7) is 0. The topological polar surface area (TPSA) is 39.2 Å². The largest absolute Gasteiger partial charge is 0.461 e. The fraction of sp³-hybridized carbons (Fsp3) is 0. The van der Waals surface area contributed by atoms with E-state index in [-0.39, 0.29) is 0 Å². The highest BCUT2D eigenvalue weighted by molar-refractivity contribution is 5.63. The Morgan fingerprint density at radius 3 is 2.50 bits per heavy atom. The summed E-state index contributed by atoms with van der Waals surface area (Å²) in [5.41, 5.74) is 1.84. The Bertz CT molecular complexity index is 567. The summed E-state index contributed by atoms with van der Waals surface area (Å²) in [6.07, 6.45) is 1.61. The molecule has 3 nitrogen and oxygen atoms in total. The van der Waals surface area contributed by atoms with E-state index in [2.05, 4.69) is 5.16 Å². The molecule has 0 aliphatic rings. The van der Waals surface area contributed by atoms with Gasteiger partial charge in [0.2, 0.25) is 5.76 Å². The van der Waals surface area contributed by atoms with Crippen LogP contribution in [-0.4, -0.2) is 5.16 Å². The molecule has 0 saturated carbocycles. The Morgan fingerprint density at radius 1 is 0.875 bits per heavy atom. The molecule has 0 radical (unpaired) electrons. The first kappa shape index (κ1) is 8.97. The zero-order valence-electron chi connectivity index (χ0n) is 8.46. The van der Waals surface area contributed by atoms with Crippen LogP contribution in [0.3, 0.4) is 0 Å². The van der Waals surface area contributed by atoms with Crippen LogP contribution in [-0.2, 0) is 0 Å². The number of furan rings is 1. The molecule has 0 N–H and O–H groups in total. The fourth-order valence-corrected chi connectivity index (χ4v) is 1.56. The van der Waals surface area contributed by atoms with Crippen LogP contribution in [0.15, 0.2) is 63.7 Å². The van der Waals surface area contributed by atoms with Crippen LogP contribution < -0.4 is 0 Å². The van der Waals surface area contributed by atoms with Crippen LogP contribution in [0, 0.1) is 0 Å². The van der Waals surface area contributed by atoms with E-state index < -0.39 is 0 Å². The molecule has 1 aromatic carbocycles.